The van der Waals surface area contributed by atoms with Gasteiger partial charge in [0.05, 0.1) is 26.1 Å². The molecule has 3 heterocycles. The van der Waals surface area contributed by atoms with Crippen molar-refractivity contribution in [3.63, 3.8) is 0 Å². The Morgan fingerprint density at radius 2 is 1.74 bits per heavy atom. The molecule has 5 rings (SSSR count). The van der Waals surface area contributed by atoms with Crippen molar-refractivity contribution in [2.75, 3.05) is 20.8 Å². The molecule has 0 N–H and O–H groups in total. The van der Waals surface area contributed by atoms with Gasteiger partial charge in [-0.3, -0.25) is 9.98 Å². The van der Waals surface area contributed by atoms with E-state index in [2.05, 4.69) is 35.0 Å². The second kappa shape index (κ2) is 6.25. The molecule has 0 saturated heterocycles. The second-order valence-corrected chi connectivity index (χ2v) is 7.74. The lowest BCUT2D eigenvalue weighted by Gasteiger charge is -2.36. The topological polar surface area (TPSA) is 47.0 Å². The van der Waals surface area contributed by atoms with Crippen LogP contribution in [0.15, 0.2) is 35.6 Å². The maximum atomic E-state index is 5.58. The highest BCUT2D eigenvalue weighted by Crippen LogP contribution is 2.49. The average Bonchev–Trinajstić information content (AvgIpc) is 3.50. The number of fused-ring (bicyclic) bond motifs is 3. The lowest BCUT2D eigenvalue weighted by atomic mass is 9.86. The molecule has 2 aliphatic heterocycles. The van der Waals surface area contributed by atoms with Crippen LogP contribution in [0.2, 0.25) is 0 Å². The zero-order chi connectivity index (χ0) is 18.5. The Morgan fingerprint density at radius 1 is 1.00 bits per heavy atom. The Labute approximate surface area is 160 Å². The molecule has 5 heteroatoms. The molecule has 1 aromatic heterocycles. The van der Waals surface area contributed by atoms with Crippen molar-refractivity contribution in [1.29, 1.82) is 0 Å². The molecule has 3 aliphatic rings. The summed E-state index contributed by atoms with van der Waals surface area (Å²) >= 11 is 0. The molecular weight excluding hydrogens is 338 g/mol. The Kier molecular flexibility index (Phi) is 3.85. The third kappa shape index (κ3) is 2.68. The molecule has 1 aliphatic carbocycles. The number of amidine groups is 1. The molecular formula is C22H25N3O2. The summed E-state index contributed by atoms with van der Waals surface area (Å²) in [5.74, 6) is 3.39. The van der Waals surface area contributed by atoms with Gasteiger partial charge in [-0.15, -0.1) is 0 Å². The summed E-state index contributed by atoms with van der Waals surface area (Å²) in [7, 11) is 3.39. The van der Waals surface area contributed by atoms with Gasteiger partial charge < -0.3 is 14.4 Å². The van der Waals surface area contributed by atoms with Gasteiger partial charge >= 0.3 is 0 Å². The molecule has 0 amide bonds. The molecule has 27 heavy (non-hydrogen) atoms. The number of nitrogens with zero attached hydrogens (tertiary/aromatic N) is 3. The van der Waals surface area contributed by atoms with Gasteiger partial charge in [0.15, 0.2) is 11.5 Å². The summed E-state index contributed by atoms with van der Waals surface area (Å²) in [4.78, 5) is 12.0. The van der Waals surface area contributed by atoms with E-state index in [9.17, 15) is 0 Å². The van der Waals surface area contributed by atoms with E-state index in [0.717, 1.165) is 30.3 Å². The van der Waals surface area contributed by atoms with E-state index in [0.29, 0.717) is 5.92 Å². The van der Waals surface area contributed by atoms with Crippen molar-refractivity contribution in [3.05, 3.63) is 52.8 Å². The van der Waals surface area contributed by atoms with Gasteiger partial charge in [0.25, 0.3) is 0 Å². The first kappa shape index (κ1) is 16.6. The predicted molar refractivity (Wildman–Crippen MR) is 105 cm³/mol. The van der Waals surface area contributed by atoms with Crippen LogP contribution in [0.4, 0.5) is 0 Å². The Morgan fingerprint density at radius 3 is 2.48 bits per heavy atom. The summed E-state index contributed by atoms with van der Waals surface area (Å²) < 4.78 is 11.1. The van der Waals surface area contributed by atoms with Crippen LogP contribution < -0.4 is 9.47 Å². The molecule has 0 spiro atoms. The highest BCUT2D eigenvalue weighted by atomic mass is 16.5. The first-order valence-corrected chi connectivity index (χ1v) is 9.70. The zero-order valence-corrected chi connectivity index (χ0v) is 16.1. The number of hydrogen-bond donors (Lipinski definition) is 0. The van der Waals surface area contributed by atoms with Crippen LogP contribution in [0.25, 0.3) is 0 Å². The van der Waals surface area contributed by atoms with Crippen LogP contribution in [0.5, 0.6) is 11.5 Å². The summed E-state index contributed by atoms with van der Waals surface area (Å²) in [6.45, 7) is 3.10. The maximum absolute atomic E-state index is 5.58. The number of pyridine rings is 1. The van der Waals surface area contributed by atoms with E-state index >= 15 is 0 Å². The Balaban J connectivity index is 1.59. The van der Waals surface area contributed by atoms with Gasteiger partial charge in [-0.05, 0) is 66.5 Å². The summed E-state index contributed by atoms with van der Waals surface area (Å²) in [5.41, 5.74) is 5.20. The van der Waals surface area contributed by atoms with E-state index in [1.54, 1.807) is 14.2 Å². The van der Waals surface area contributed by atoms with Crippen molar-refractivity contribution in [2.45, 2.75) is 44.2 Å². The number of methoxy groups -OCH3 is 2. The van der Waals surface area contributed by atoms with E-state index in [-0.39, 0.29) is 12.1 Å². The molecule has 140 valence electrons. The van der Waals surface area contributed by atoms with Crippen molar-refractivity contribution in [1.82, 2.24) is 9.88 Å². The minimum absolute atomic E-state index is 0.0772. The minimum atomic E-state index is 0.0772. The Hall–Kier alpha value is -2.56. The first-order valence-electron chi connectivity index (χ1n) is 9.70. The van der Waals surface area contributed by atoms with Crippen molar-refractivity contribution in [3.8, 4) is 11.5 Å². The minimum Gasteiger partial charge on any atom is -0.493 e. The van der Waals surface area contributed by atoms with Crippen molar-refractivity contribution in [2.24, 2.45) is 4.99 Å². The number of aliphatic imine (C=N–C) groups is 1. The Bertz CT molecular complexity index is 920. The van der Waals surface area contributed by atoms with Crippen LogP contribution in [0.1, 0.15) is 60.0 Å². The monoisotopic (exact) mass is 363 g/mol. The molecule has 2 aromatic rings. The van der Waals surface area contributed by atoms with Gasteiger partial charge in [-0.1, -0.05) is 6.07 Å². The molecule has 0 bridgehead atoms. The molecule has 1 saturated carbocycles. The summed E-state index contributed by atoms with van der Waals surface area (Å²) in [6.07, 6.45) is 7.58. The van der Waals surface area contributed by atoms with Gasteiger partial charge in [0.1, 0.15) is 6.04 Å². The fraction of sp³-hybridized carbons (Fsp3) is 0.455. The lowest BCUT2D eigenvalue weighted by molar-refractivity contribution is 0.288. The molecule has 5 nitrogen and oxygen atoms in total. The van der Waals surface area contributed by atoms with Gasteiger partial charge in [0.2, 0.25) is 0 Å². The molecule has 2 atom stereocenters. The van der Waals surface area contributed by atoms with Gasteiger partial charge in [-0.2, -0.15) is 0 Å². The largest absolute Gasteiger partial charge is 0.493 e. The smallest absolute Gasteiger partial charge is 0.161 e. The highest BCUT2D eigenvalue weighted by molar-refractivity contribution is 5.83. The van der Waals surface area contributed by atoms with Crippen LogP contribution in [0.3, 0.4) is 0 Å². The lowest BCUT2D eigenvalue weighted by Crippen LogP contribution is -2.36. The SMILES string of the molecule is COc1cc2c(cc1OC)C1C(c3cncc(C4CC4)c3)N=C(C)N1CC2. The molecule has 1 fully saturated rings. The van der Waals surface area contributed by atoms with Crippen LogP contribution in [-0.4, -0.2) is 36.5 Å². The standard InChI is InChI=1S/C22H25N3O2/c1-13-24-21(17-8-16(11-23-12-17)14-4-5-14)22-18-10-20(27-3)19(26-2)9-15(18)6-7-25(13)22/h8-12,14,21-22H,4-7H2,1-3H3. The fourth-order valence-corrected chi connectivity index (χ4v) is 4.56. The number of hydrogen-bond acceptors (Lipinski definition) is 5. The van der Waals surface area contributed by atoms with Crippen LogP contribution in [-0.2, 0) is 6.42 Å². The summed E-state index contributed by atoms with van der Waals surface area (Å²) in [6, 6.07) is 6.88. The molecule has 2 unspecified atom stereocenters. The quantitative estimate of drug-likeness (QED) is 0.822. The van der Waals surface area contributed by atoms with Gasteiger partial charge in [-0.25, -0.2) is 0 Å². The van der Waals surface area contributed by atoms with Crippen LogP contribution in [0, 0.1) is 0 Å². The third-order valence-corrected chi connectivity index (χ3v) is 6.13. The predicted octanol–water partition coefficient (Wildman–Crippen LogP) is 4.05. The van der Waals surface area contributed by atoms with E-state index in [1.165, 1.54) is 35.1 Å². The fourth-order valence-electron chi connectivity index (χ4n) is 4.56. The third-order valence-electron chi connectivity index (χ3n) is 6.13. The highest BCUT2D eigenvalue weighted by Gasteiger charge is 2.41. The molecule has 1 aromatic carbocycles. The van der Waals surface area contributed by atoms with Crippen molar-refractivity contribution < 1.29 is 9.47 Å². The van der Waals surface area contributed by atoms with Crippen molar-refractivity contribution >= 4 is 5.84 Å². The van der Waals surface area contributed by atoms with E-state index in [1.807, 2.05) is 12.4 Å². The first-order chi connectivity index (χ1) is 13.2. The maximum Gasteiger partial charge on any atom is 0.161 e. The van der Waals surface area contributed by atoms with E-state index in [4.69, 9.17) is 14.5 Å². The van der Waals surface area contributed by atoms with Crippen LogP contribution >= 0.6 is 0 Å². The average molecular weight is 363 g/mol. The normalized spacial score (nSPS) is 23.5. The van der Waals surface area contributed by atoms with E-state index < -0.39 is 0 Å². The second-order valence-electron chi connectivity index (χ2n) is 7.74. The number of ether oxygens (including phenoxy) is 2. The number of aromatic nitrogens is 1. The van der Waals surface area contributed by atoms with Gasteiger partial charge in [0, 0.05) is 18.9 Å². The number of rotatable bonds is 4. The zero-order valence-electron chi connectivity index (χ0n) is 16.1. The summed E-state index contributed by atoms with van der Waals surface area (Å²) in [5, 5.41) is 0. The number of benzene rings is 1. The molecule has 0 radical (unpaired) electrons.